The summed E-state index contributed by atoms with van der Waals surface area (Å²) in [6.45, 7) is -1.24. The lowest BCUT2D eigenvalue weighted by atomic mass is 9.97. The first-order valence-corrected chi connectivity index (χ1v) is 8.24. The van der Waals surface area contributed by atoms with Gasteiger partial charge in [0.15, 0.2) is 6.04 Å². The summed E-state index contributed by atoms with van der Waals surface area (Å²) >= 11 is 0. The Labute approximate surface area is 155 Å². The van der Waals surface area contributed by atoms with Gasteiger partial charge < -0.3 is 14.8 Å². The molecule has 0 aromatic heterocycles. The number of carbonyl (C=O) groups is 2. The summed E-state index contributed by atoms with van der Waals surface area (Å²) in [6, 6.07) is 14.7. The van der Waals surface area contributed by atoms with Gasteiger partial charge in [-0.05, 0) is 31.2 Å². The smallest absolute Gasteiger partial charge is 0.413 e. The van der Waals surface area contributed by atoms with Crippen LogP contribution in [0.15, 0.2) is 54.6 Å². The molecule has 3 N–H and O–H groups in total. The number of carbonyl (C=O) groups excluding carboxylic acids is 2. The average Bonchev–Trinajstić information content (AvgIpc) is 2.66. The Kier molecular flexibility index (Phi) is 7.25. The van der Waals surface area contributed by atoms with Crippen LogP contribution in [0, 0.1) is 0 Å². The third kappa shape index (κ3) is 6.03. The highest BCUT2D eigenvalue weighted by Crippen LogP contribution is 2.22. The number of hydrogen-bond donors (Lipinski definition) is 2. The normalized spacial score (nSPS) is 12.9. The zero-order valence-corrected chi connectivity index (χ0v) is 14.9. The van der Waals surface area contributed by atoms with Crippen LogP contribution in [0.4, 0.5) is 13.6 Å². The lowest BCUT2D eigenvalue weighted by Gasteiger charge is -2.20. The van der Waals surface area contributed by atoms with Crippen molar-refractivity contribution in [3.63, 3.8) is 0 Å². The number of methoxy groups -OCH3 is 1. The van der Waals surface area contributed by atoms with E-state index in [9.17, 15) is 18.4 Å². The summed E-state index contributed by atoms with van der Waals surface area (Å²) in [5.41, 5.74) is 1.71. The van der Waals surface area contributed by atoms with Crippen LogP contribution in [0.1, 0.15) is 24.1 Å². The predicted octanol–water partition coefficient (Wildman–Crippen LogP) is 2.21. The highest BCUT2D eigenvalue weighted by atomic mass is 19.3. The van der Waals surface area contributed by atoms with E-state index in [-0.39, 0.29) is 11.8 Å². The molecule has 0 radical (unpaired) electrons. The van der Waals surface area contributed by atoms with Crippen LogP contribution in [-0.4, -0.2) is 31.8 Å². The fourth-order valence-corrected chi connectivity index (χ4v) is 2.57. The molecule has 0 bridgehead atoms. The summed E-state index contributed by atoms with van der Waals surface area (Å²) in [5, 5.41) is 3.91. The second-order valence-electron chi connectivity index (χ2n) is 5.80. The van der Waals surface area contributed by atoms with Crippen molar-refractivity contribution >= 4 is 12.0 Å². The maximum absolute atomic E-state index is 12.3. The quantitative estimate of drug-likeness (QED) is 0.773. The van der Waals surface area contributed by atoms with Crippen molar-refractivity contribution in [3.8, 4) is 5.75 Å². The minimum absolute atomic E-state index is 0.0528. The summed E-state index contributed by atoms with van der Waals surface area (Å²) in [6.07, 6.45) is -0.829. The topological polar surface area (TPSA) is 81.2 Å². The highest BCUT2D eigenvalue weighted by molar-refractivity contribution is 5.93. The monoisotopic (exact) mass is 379 g/mol. The van der Waals surface area contributed by atoms with Gasteiger partial charge in [0.1, 0.15) is 11.8 Å². The number of benzene rings is 2. The van der Waals surface area contributed by atoms with Gasteiger partial charge in [0.05, 0.1) is 7.11 Å². The fourth-order valence-electron chi connectivity index (χ4n) is 2.57. The molecule has 2 amide bonds. The van der Waals surface area contributed by atoms with E-state index in [1.807, 2.05) is 30.3 Å². The number of alkyl halides is 2. The highest BCUT2D eigenvalue weighted by Gasteiger charge is 2.26. The molecule has 0 saturated heterocycles. The minimum atomic E-state index is -2.89. The average molecular weight is 379 g/mol. The molecular formula is C19H21F2N2O4+. The van der Waals surface area contributed by atoms with E-state index in [1.54, 1.807) is 24.4 Å². The molecule has 2 aromatic carbocycles. The molecule has 2 aromatic rings. The van der Waals surface area contributed by atoms with Gasteiger partial charge in [-0.25, -0.2) is 4.79 Å². The Morgan fingerprint density at radius 2 is 1.59 bits per heavy atom. The van der Waals surface area contributed by atoms with Crippen LogP contribution in [0.25, 0.3) is 0 Å². The van der Waals surface area contributed by atoms with E-state index in [0.717, 1.165) is 11.1 Å². The van der Waals surface area contributed by atoms with Crippen molar-refractivity contribution in [1.82, 2.24) is 5.32 Å². The maximum atomic E-state index is 12.3. The van der Waals surface area contributed by atoms with Crippen LogP contribution in [0.2, 0.25) is 0 Å². The second-order valence-corrected chi connectivity index (χ2v) is 5.80. The van der Waals surface area contributed by atoms with Crippen molar-refractivity contribution in [2.45, 2.75) is 25.6 Å². The van der Waals surface area contributed by atoms with E-state index in [0.29, 0.717) is 0 Å². The van der Waals surface area contributed by atoms with Gasteiger partial charge in [-0.15, -0.1) is 0 Å². The van der Waals surface area contributed by atoms with Crippen LogP contribution in [-0.2, 0) is 9.53 Å². The number of quaternary nitrogens is 1. The number of nitrogens with one attached hydrogen (secondary N) is 1. The molecule has 6 nitrogen and oxygen atoms in total. The number of imide groups is 1. The Hall–Kier alpha value is -3.00. The lowest BCUT2D eigenvalue weighted by Crippen LogP contribution is -2.92. The first kappa shape index (κ1) is 20.3. The van der Waals surface area contributed by atoms with Gasteiger partial charge in [-0.2, -0.15) is 8.78 Å². The van der Waals surface area contributed by atoms with Gasteiger partial charge in [-0.3, -0.25) is 10.1 Å². The molecule has 8 heteroatoms. The SMILES string of the molecule is COC(=O)NC(=O)[C@@H](C)[NH2+][C@H](c1ccccc1)c1ccc(OC(F)F)cc1. The van der Waals surface area contributed by atoms with E-state index in [1.165, 1.54) is 19.2 Å². The second kappa shape index (κ2) is 9.63. The van der Waals surface area contributed by atoms with Crippen molar-refractivity contribution in [1.29, 1.82) is 0 Å². The summed E-state index contributed by atoms with van der Waals surface area (Å²) < 4.78 is 33.5. The molecule has 0 spiro atoms. The van der Waals surface area contributed by atoms with E-state index in [4.69, 9.17) is 0 Å². The Morgan fingerprint density at radius 3 is 2.15 bits per heavy atom. The molecule has 27 heavy (non-hydrogen) atoms. The van der Waals surface area contributed by atoms with Crippen molar-refractivity contribution in [3.05, 3.63) is 65.7 Å². The number of halogens is 2. The Balaban J connectivity index is 2.22. The molecule has 0 fully saturated rings. The van der Waals surface area contributed by atoms with E-state index in [2.05, 4.69) is 14.8 Å². The Bertz CT molecular complexity index is 754. The molecule has 0 heterocycles. The lowest BCUT2D eigenvalue weighted by molar-refractivity contribution is -0.704. The predicted molar refractivity (Wildman–Crippen MR) is 93.3 cm³/mol. The third-order valence-electron chi connectivity index (χ3n) is 3.93. The molecular weight excluding hydrogens is 358 g/mol. The van der Waals surface area contributed by atoms with Gasteiger partial charge in [0.25, 0.3) is 5.91 Å². The van der Waals surface area contributed by atoms with Crippen LogP contribution < -0.4 is 15.4 Å². The van der Waals surface area contributed by atoms with Crippen LogP contribution in [0.3, 0.4) is 0 Å². The molecule has 144 valence electrons. The first-order chi connectivity index (χ1) is 12.9. The van der Waals surface area contributed by atoms with Gasteiger partial charge in [0, 0.05) is 11.1 Å². The number of ether oxygens (including phenoxy) is 2. The number of nitrogens with two attached hydrogens (primary N) is 1. The molecule has 0 aliphatic carbocycles. The van der Waals surface area contributed by atoms with Gasteiger partial charge >= 0.3 is 12.7 Å². The van der Waals surface area contributed by atoms with E-state index >= 15 is 0 Å². The molecule has 0 unspecified atom stereocenters. The van der Waals surface area contributed by atoms with Crippen molar-refractivity contribution < 1.29 is 33.2 Å². The molecule has 0 saturated carbocycles. The minimum Gasteiger partial charge on any atom is -0.453 e. The van der Waals surface area contributed by atoms with Crippen molar-refractivity contribution in [2.75, 3.05) is 7.11 Å². The maximum Gasteiger partial charge on any atom is 0.413 e. The van der Waals surface area contributed by atoms with Gasteiger partial charge in [-0.1, -0.05) is 30.3 Å². The fraction of sp³-hybridized carbons (Fsp3) is 0.263. The number of rotatable bonds is 7. The molecule has 2 rings (SSSR count). The molecule has 0 aliphatic rings. The number of alkyl carbamates (subject to hydrolysis) is 1. The summed E-state index contributed by atoms with van der Waals surface area (Å²) in [5.74, 6) is -0.447. The zero-order chi connectivity index (χ0) is 19.8. The van der Waals surface area contributed by atoms with Crippen molar-refractivity contribution in [2.24, 2.45) is 0 Å². The largest absolute Gasteiger partial charge is 0.453 e. The van der Waals surface area contributed by atoms with Gasteiger partial charge in [0.2, 0.25) is 0 Å². The molecule has 0 aliphatic heterocycles. The zero-order valence-electron chi connectivity index (χ0n) is 14.9. The number of hydrogen-bond acceptors (Lipinski definition) is 4. The number of amides is 2. The first-order valence-electron chi connectivity index (χ1n) is 8.24. The Morgan fingerprint density at radius 1 is 1.00 bits per heavy atom. The van der Waals surface area contributed by atoms with Crippen LogP contribution in [0.5, 0.6) is 5.75 Å². The van der Waals surface area contributed by atoms with Crippen LogP contribution >= 0.6 is 0 Å². The third-order valence-corrected chi connectivity index (χ3v) is 3.93. The van der Waals surface area contributed by atoms with E-state index < -0.39 is 24.7 Å². The standard InChI is InChI=1S/C19H20F2N2O4/c1-12(17(24)23-19(25)26-2)22-16(13-6-4-3-5-7-13)14-8-10-15(11-9-14)27-18(20)21/h3-12,16,18,22H,1-2H3,(H,23,24,25)/p+1/t12-,16-/m1/s1. The molecule has 2 atom stereocenters. The summed E-state index contributed by atoms with van der Waals surface area (Å²) in [7, 11) is 1.17. The summed E-state index contributed by atoms with van der Waals surface area (Å²) in [4.78, 5) is 23.4.